The summed E-state index contributed by atoms with van der Waals surface area (Å²) in [7, 11) is 0. The van der Waals surface area contributed by atoms with E-state index in [1.165, 1.54) is 6.92 Å². The highest BCUT2D eigenvalue weighted by molar-refractivity contribution is 5.43. The largest absolute Gasteiger partial charge is 0.508 e. The van der Waals surface area contributed by atoms with Gasteiger partial charge in [-0.3, -0.25) is 0 Å². The van der Waals surface area contributed by atoms with Crippen LogP contribution in [0.25, 0.3) is 0 Å². The molecule has 24 heavy (non-hydrogen) atoms. The Bertz CT molecular complexity index is 765. The van der Waals surface area contributed by atoms with E-state index in [1.807, 2.05) is 0 Å². The van der Waals surface area contributed by atoms with E-state index in [-0.39, 0.29) is 29.4 Å². The number of aromatic hydroxyl groups is 2. The lowest BCUT2D eigenvalue weighted by Crippen LogP contribution is -2.26. The zero-order chi connectivity index (χ0) is 17.3. The third kappa shape index (κ3) is 3.35. The van der Waals surface area contributed by atoms with Crippen LogP contribution in [0.3, 0.4) is 0 Å². The quantitative estimate of drug-likeness (QED) is 0.836. The maximum atomic E-state index is 12.9. The monoisotopic (exact) mass is 332 g/mol. The van der Waals surface area contributed by atoms with Gasteiger partial charge in [0.15, 0.2) is 0 Å². The number of rotatable bonds is 3. The highest BCUT2D eigenvalue weighted by Crippen LogP contribution is 2.42. The normalized spacial score (nSPS) is 19.3. The number of phenolic OH excluding ortho intramolecular Hbond substituents is 2. The van der Waals surface area contributed by atoms with Gasteiger partial charge in [-0.1, -0.05) is 12.1 Å². The summed E-state index contributed by atoms with van der Waals surface area (Å²) in [6.45, 7) is 1.42. The van der Waals surface area contributed by atoms with Gasteiger partial charge in [-0.05, 0) is 66.8 Å². The summed E-state index contributed by atoms with van der Waals surface area (Å²) in [6, 6.07) is 11.4. The van der Waals surface area contributed by atoms with Gasteiger partial charge in [0.1, 0.15) is 23.4 Å². The summed E-state index contributed by atoms with van der Waals surface area (Å²) < 4.78 is 31.8. The molecule has 0 unspecified atom stereocenters. The summed E-state index contributed by atoms with van der Waals surface area (Å²) in [6.07, 6.45) is -1.33. The Labute approximate surface area is 138 Å². The molecule has 1 heterocycles. The lowest BCUT2D eigenvalue weighted by Gasteiger charge is -2.34. The summed E-state index contributed by atoms with van der Waals surface area (Å²) in [5, 5.41) is 19.1. The fraction of sp³-hybridized carbons (Fsp3) is 0.263. The Kier molecular flexibility index (Phi) is 4.42. The summed E-state index contributed by atoms with van der Waals surface area (Å²) in [5.41, 5.74) is 1.67. The number of benzene rings is 2. The smallest absolute Gasteiger partial charge is 0.269 e. The molecule has 0 radical (unpaired) electrons. The van der Waals surface area contributed by atoms with Gasteiger partial charge in [0.05, 0.1) is 0 Å². The van der Waals surface area contributed by atoms with E-state index in [1.54, 1.807) is 42.5 Å². The van der Waals surface area contributed by atoms with Crippen molar-refractivity contribution >= 4 is 0 Å². The third-order valence-corrected chi connectivity index (χ3v) is 4.32. The first-order chi connectivity index (χ1) is 11.4. The Balaban J connectivity index is 1.97. The van der Waals surface area contributed by atoms with Crippen LogP contribution in [0.4, 0.5) is 8.78 Å². The molecule has 5 heteroatoms. The van der Waals surface area contributed by atoms with Crippen molar-refractivity contribution in [1.82, 2.24) is 0 Å². The van der Waals surface area contributed by atoms with E-state index >= 15 is 0 Å². The van der Waals surface area contributed by atoms with Crippen molar-refractivity contribution in [3.8, 4) is 17.2 Å². The van der Waals surface area contributed by atoms with Crippen molar-refractivity contribution in [3.63, 3.8) is 0 Å². The van der Waals surface area contributed by atoms with Crippen LogP contribution in [0.1, 0.15) is 30.6 Å². The van der Waals surface area contributed by atoms with Gasteiger partial charge in [0, 0.05) is 5.92 Å². The van der Waals surface area contributed by atoms with Crippen LogP contribution in [0.2, 0.25) is 0 Å². The van der Waals surface area contributed by atoms with Gasteiger partial charge in [-0.15, -0.1) is 0 Å². The zero-order valence-corrected chi connectivity index (χ0v) is 13.2. The Morgan fingerprint density at radius 1 is 1.08 bits per heavy atom. The molecule has 126 valence electrons. The molecule has 0 aliphatic carbocycles. The molecule has 0 fully saturated rings. The Morgan fingerprint density at radius 2 is 1.75 bits per heavy atom. The number of halogens is 2. The zero-order valence-electron chi connectivity index (χ0n) is 13.2. The van der Waals surface area contributed by atoms with Crippen molar-refractivity contribution < 1.29 is 23.7 Å². The standard InChI is InChI=1S/C19H18F2O3/c1-11(19(20)21)8-14-9-13-10-16(23)6-7-17(13)24-18(14)12-2-4-15(22)5-3-12/h2-7,10,14,18,22-23H,8-9H2,1H3/t14-,18-/m0/s1. The number of phenols is 2. The van der Waals surface area contributed by atoms with Crippen LogP contribution in [0.15, 0.2) is 54.1 Å². The molecule has 2 atom stereocenters. The number of hydrogen-bond donors (Lipinski definition) is 2. The van der Waals surface area contributed by atoms with Gasteiger partial charge in [0.2, 0.25) is 0 Å². The number of hydrogen-bond acceptors (Lipinski definition) is 3. The molecular formula is C19H18F2O3. The molecule has 0 spiro atoms. The minimum atomic E-state index is -1.67. The van der Waals surface area contributed by atoms with E-state index in [2.05, 4.69) is 0 Å². The molecule has 2 N–H and O–H groups in total. The third-order valence-electron chi connectivity index (χ3n) is 4.32. The van der Waals surface area contributed by atoms with Crippen molar-refractivity contribution in [2.75, 3.05) is 0 Å². The molecule has 0 bridgehead atoms. The second kappa shape index (κ2) is 6.51. The minimum absolute atomic E-state index is 0.0379. The molecular weight excluding hydrogens is 314 g/mol. The van der Waals surface area contributed by atoms with E-state index in [0.29, 0.717) is 12.2 Å². The van der Waals surface area contributed by atoms with Crippen molar-refractivity contribution in [3.05, 3.63) is 65.2 Å². The first-order valence-corrected chi connectivity index (χ1v) is 7.72. The van der Waals surface area contributed by atoms with Crippen LogP contribution in [0, 0.1) is 5.92 Å². The molecule has 0 aromatic heterocycles. The molecule has 3 rings (SSSR count). The Hall–Kier alpha value is -2.56. The lowest BCUT2D eigenvalue weighted by atomic mass is 9.83. The molecule has 2 aromatic rings. The van der Waals surface area contributed by atoms with Crippen LogP contribution >= 0.6 is 0 Å². The van der Waals surface area contributed by atoms with Gasteiger partial charge in [0.25, 0.3) is 6.08 Å². The van der Waals surface area contributed by atoms with Gasteiger partial charge < -0.3 is 14.9 Å². The molecule has 0 amide bonds. The first-order valence-electron chi connectivity index (χ1n) is 7.72. The first kappa shape index (κ1) is 16.3. The number of fused-ring (bicyclic) bond motifs is 1. The fourth-order valence-electron chi connectivity index (χ4n) is 3.12. The lowest BCUT2D eigenvalue weighted by molar-refractivity contribution is 0.112. The second-order valence-electron chi connectivity index (χ2n) is 6.13. The van der Waals surface area contributed by atoms with Crippen molar-refractivity contribution in [2.24, 2.45) is 5.92 Å². The molecule has 0 saturated carbocycles. The average Bonchev–Trinajstić information content (AvgIpc) is 2.55. The maximum Gasteiger partial charge on any atom is 0.269 e. The molecule has 1 aliphatic heterocycles. The van der Waals surface area contributed by atoms with Crippen LogP contribution in [-0.2, 0) is 6.42 Å². The van der Waals surface area contributed by atoms with Gasteiger partial charge in [-0.2, -0.15) is 8.78 Å². The van der Waals surface area contributed by atoms with Gasteiger partial charge in [-0.25, -0.2) is 0 Å². The highest BCUT2D eigenvalue weighted by Gasteiger charge is 2.32. The summed E-state index contributed by atoms with van der Waals surface area (Å²) >= 11 is 0. The highest BCUT2D eigenvalue weighted by atomic mass is 19.3. The number of allylic oxidation sites excluding steroid dienone is 1. The Morgan fingerprint density at radius 3 is 2.42 bits per heavy atom. The second-order valence-corrected chi connectivity index (χ2v) is 6.13. The predicted octanol–water partition coefficient (Wildman–Crippen LogP) is 4.95. The van der Waals surface area contributed by atoms with E-state index in [4.69, 9.17) is 4.74 Å². The summed E-state index contributed by atoms with van der Waals surface area (Å²) in [4.78, 5) is 0. The minimum Gasteiger partial charge on any atom is -0.508 e. The van der Waals surface area contributed by atoms with Crippen LogP contribution < -0.4 is 4.74 Å². The predicted molar refractivity (Wildman–Crippen MR) is 86.3 cm³/mol. The van der Waals surface area contributed by atoms with Crippen LogP contribution in [-0.4, -0.2) is 10.2 Å². The average molecular weight is 332 g/mol. The molecule has 1 aliphatic rings. The molecule has 0 saturated heterocycles. The van der Waals surface area contributed by atoms with E-state index in [0.717, 1.165) is 11.1 Å². The maximum absolute atomic E-state index is 12.9. The van der Waals surface area contributed by atoms with Crippen molar-refractivity contribution in [1.29, 1.82) is 0 Å². The van der Waals surface area contributed by atoms with Crippen LogP contribution in [0.5, 0.6) is 17.2 Å². The SMILES string of the molecule is CC(C[C@H]1Cc2cc(O)ccc2O[C@H]1c1ccc(O)cc1)=C(F)F. The fourth-order valence-corrected chi connectivity index (χ4v) is 3.12. The summed E-state index contributed by atoms with van der Waals surface area (Å²) in [5.74, 6) is 0.722. The van der Waals surface area contributed by atoms with E-state index < -0.39 is 12.2 Å². The number of ether oxygens (including phenoxy) is 1. The van der Waals surface area contributed by atoms with E-state index in [9.17, 15) is 19.0 Å². The molecule has 2 aromatic carbocycles. The topological polar surface area (TPSA) is 49.7 Å². The molecule has 3 nitrogen and oxygen atoms in total. The van der Waals surface area contributed by atoms with Crippen molar-refractivity contribution in [2.45, 2.75) is 25.9 Å². The van der Waals surface area contributed by atoms with Gasteiger partial charge >= 0.3 is 0 Å².